The van der Waals surface area contributed by atoms with Crippen LogP contribution in [-0.4, -0.2) is 4.98 Å². The number of benzene rings is 3. The van der Waals surface area contributed by atoms with Gasteiger partial charge in [-0.3, -0.25) is 4.98 Å². The summed E-state index contributed by atoms with van der Waals surface area (Å²) >= 11 is 0. The first-order chi connectivity index (χ1) is 19.0. The number of hydrogen-bond acceptors (Lipinski definition) is 1. The zero-order valence-corrected chi connectivity index (χ0v) is 22.6. The van der Waals surface area contributed by atoms with E-state index in [0.717, 1.165) is 34.5 Å². The first-order valence-corrected chi connectivity index (χ1v) is 13.7. The molecular formula is C38H33N. The Bertz CT molecular complexity index is 1660. The maximum Gasteiger partial charge on any atom is 0.0711 e. The van der Waals surface area contributed by atoms with E-state index in [4.69, 9.17) is 4.98 Å². The molecule has 0 fully saturated rings. The van der Waals surface area contributed by atoms with Gasteiger partial charge in [0, 0.05) is 22.6 Å². The van der Waals surface area contributed by atoms with E-state index >= 15 is 0 Å². The minimum absolute atomic E-state index is 0.0198. The molecule has 0 aliphatic heterocycles. The molecule has 0 bridgehead atoms. The van der Waals surface area contributed by atoms with Crippen LogP contribution in [0.1, 0.15) is 54.1 Å². The fourth-order valence-electron chi connectivity index (χ4n) is 5.85. The van der Waals surface area contributed by atoms with Gasteiger partial charge in [-0.15, -0.1) is 0 Å². The topological polar surface area (TPSA) is 12.9 Å². The van der Waals surface area contributed by atoms with Crippen molar-refractivity contribution in [3.8, 4) is 22.4 Å². The first-order valence-electron chi connectivity index (χ1n) is 13.7. The predicted octanol–water partition coefficient (Wildman–Crippen LogP) is 9.94. The second-order valence-corrected chi connectivity index (χ2v) is 10.8. The van der Waals surface area contributed by atoms with E-state index < -0.39 is 0 Å². The lowest BCUT2D eigenvalue weighted by Gasteiger charge is -2.22. The molecule has 0 amide bonds. The highest BCUT2D eigenvalue weighted by atomic mass is 14.7. The molecule has 0 saturated heterocycles. The summed E-state index contributed by atoms with van der Waals surface area (Å²) < 4.78 is 0. The third-order valence-electron chi connectivity index (χ3n) is 8.00. The Morgan fingerprint density at radius 3 is 2.46 bits per heavy atom. The second-order valence-electron chi connectivity index (χ2n) is 10.8. The predicted molar refractivity (Wildman–Crippen MR) is 167 cm³/mol. The average molecular weight is 504 g/mol. The molecule has 2 aliphatic rings. The highest BCUT2D eigenvalue weighted by molar-refractivity contribution is 5.84. The van der Waals surface area contributed by atoms with Crippen molar-refractivity contribution in [3.63, 3.8) is 0 Å². The molecule has 1 nitrogen and oxygen atoms in total. The summed E-state index contributed by atoms with van der Waals surface area (Å²) in [6.07, 6.45) is 18.1. The third-order valence-corrected chi connectivity index (χ3v) is 8.00. The van der Waals surface area contributed by atoms with Gasteiger partial charge < -0.3 is 0 Å². The maximum atomic E-state index is 5.05. The van der Waals surface area contributed by atoms with Crippen molar-refractivity contribution >= 4 is 11.6 Å². The molecule has 2 aliphatic carbocycles. The van der Waals surface area contributed by atoms with Crippen molar-refractivity contribution in [1.82, 2.24) is 4.98 Å². The lowest BCUT2D eigenvalue weighted by atomic mass is 9.81. The standard InChI is InChI=1S/C38H33N/c1-4-28(31-22-23-33-32-20-11-12-21-34(32)38(2,3)35(33)26-31)19-13-14-27-24-36(29-15-7-5-8-16-29)39-37(25-27)30-17-9-6-10-18-30/h4-17,19-26,30H,1,18H2,2-3H3/b14-13+,28-19+/t30-/m0/s1. The summed E-state index contributed by atoms with van der Waals surface area (Å²) in [5, 5.41) is 0. The van der Waals surface area contributed by atoms with Crippen LogP contribution >= 0.6 is 0 Å². The molecule has 0 saturated carbocycles. The molecule has 0 spiro atoms. The van der Waals surface area contributed by atoms with Gasteiger partial charge in [0.1, 0.15) is 0 Å². The van der Waals surface area contributed by atoms with Crippen LogP contribution in [0.4, 0.5) is 0 Å². The monoisotopic (exact) mass is 503 g/mol. The van der Waals surface area contributed by atoms with Crippen LogP contribution in [0, 0.1) is 0 Å². The van der Waals surface area contributed by atoms with Crippen molar-refractivity contribution in [2.45, 2.75) is 31.6 Å². The number of rotatable bonds is 6. The Labute approximate surface area is 232 Å². The normalized spacial score (nSPS) is 17.3. The van der Waals surface area contributed by atoms with Gasteiger partial charge in [-0.05, 0) is 63.6 Å². The molecule has 1 heteroatoms. The van der Waals surface area contributed by atoms with Crippen LogP contribution in [0.3, 0.4) is 0 Å². The smallest absolute Gasteiger partial charge is 0.0711 e. The Morgan fingerprint density at radius 1 is 0.872 bits per heavy atom. The van der Waals surface area contributed by atoms with Crippen LogP contribution in [0.2, 0.25) is 0 Å². The number of fused-ring (bicyclic) bond motifs is 3. The van der Waals surface area contributed by atoms with Gasteiger partial charge in [0.25, 0.3) is 0 Å². The van der Waals surface area contributed by atoms with Crippen molar-refractivity contribution in [3.05, 3.63) is 162 Å². The molecule has 3 aromatic carbocycles. The minimum atomic E-state index is -0.0198. The molecule has 1 heterocycles. The van der Waals surface area contributed by atoms with Gasteiger partial charge in [-0.1, -0.05) is 136 Å². The molecule has 39 heavy (non-hydrogen) atoms. The van der Waals surface area contributed by atoms with Gasteiger partial charge in [-0.25, -0.2) is 0 Å². The van der Waals surface area contributed by atoms with Crippen molar-refractivity contribution in [2.24, 2.45) is 0 Å². The number of aromatic nitrogens is 1. The third kappa shape index (κ3) is 4.77. The number of allylic oxidation sites excluding steroid dienone is 8. The molecule has 6 rings (SSSR count). The van der Waals surface area contributed by atoms with Gasteiger partial charge in [0.05, 0.1) is 5.69 Å². The van der Waals surface area contributed by atoms with E-state index in [2.05, 4.69) is 142 Å². The molecule has 190 valence electrons. The number of hydrogen-bond donors (Lipinski definition) is 0. The van der Waals surface area contributed by atoms with E-state index in [9.17, 15) is 0 Å². The summed E-state index contributed by atoms with van der Waals surface area (Å²) in [5.74, 6) is 0.295. The zero-order valence-electron chi connectivity index (χ0n) is 22.6. The summed E-state index contributed by atoms with van der Waals surface area (Å²) in [4.78, 5) is 5.05. The summed E-state index contributed by atoms with van der Waals surface area (Å²) in [5.41, 5.74) is 12.1. The lowest BCUT2D eigenvalue weighted by molar-refractivity contribution is 0.660. The molecule has 0 N–H and O–H groups in total. The molecule has 1 atom stereocenters. The summed E-state index contributed by atoms with van der Waals surface area (Å²) in [6, 6.07) is 30.4. The van der Waals surface area contributed by atoms with Crippen molar-refractivity contribution < 1.29 is 0 Å². The van der Waals surface area contributed by atoms with E-state index in [-0.39, 0.29) is 5.41 Å². The minimum Gasteiger partial charge on any atom is -0.252 e. The lowest BCUT2D eigenvalue weighted by Crippen LogP contribution is -2.15. The fourth-order valence-corrected chi connectivity index (χ4v) is 5.85. The van der Waals surface area contributed by atoms with E-state index in [1.807, 2.05) is 12.1 Å². The van der Waals surface area contributed by atoms with Crippen molar-refractivity contribution in [1.29, 1.82) is 0 Å². The number of pyridine rings is 1. The highest BCUT2D eigenvalue weighted by Gasteiger charge is 2.35. The Hall–Kier alpha value is -4.49. The Morgan fingerprint density at radius 2 is 1.67 bits per heavy atom. The van der Waals surface area contributed by atoms with Crippen LogP contribution in [0.25, 0.3) is 34.0 Å². The average Bonchev–Trinajstić information content (AvgIpc) is 3.22. The molecule has 0 unspecified atom stereocenters. The number of nitrogens with zero attached hydrogens (tertiary/aromatic N) is 1. The van der Waals surface area contributed by atoms with Gasteiger partial charge in [-0.2, -0.15) is 0 Å². The summed E-state index contributed by atoms with van der Waals surface area (Å²) in [6.45, 7) is 8.78. The SMILES string of the molecule is C=C/C(=C\C=C\c1cc(-c2ccccc2)nc([C@H]2C=CC=CC2)c1)c1ccc2c(c1)C(C)(C)c1ccccc1-2. The highest BCUT2D eigenvalue weighted by Crippen LogP contribution is 2.49. The van der Waals surface area contributed by atoms with Crippen LogP contribution in [-0.2, 0) is 5.41 Å². The first kappa shape index (κ1) is 24.8. The van der Waals surface area contributed by atoms with E-state index in [1.165, 1.54) is 27.8 Å². The fraction of sp³-hybridized carbons (Fsp3) is 0.132. The summed E-state index contributed by atoms with van der Waals surface area (Å²) in [7, 11) is 0. The Kier molecular flexibility index (Phi) is 6.59. The zero-order chi connectivity index (χ0) is 26.8. The van der Waals surface area contributed by atoms with E-state index in [1.54, 1.807) is 0 Å². The quantitative estimate of drug-likeness (QED) is 0.239. The van der Waals surface area contributed by atoms with Crippen LogP contribution < -0.4 is 0 Å². The second kappa shape index (κ2) is 10.3. The molecule has 4 aromatic rings. The molecular weight excluding hydrogens is 470 g/mol. The van der Waals surface area contributed by atoms with E-state index in [0.29, 0.717) is 5.92 Å². The maximum absolute atomic E-state index is 5.05. The largest absolute Gasteiger partial charge is 0.252 e. The van der Waals surface area contributed by atoms with Crippen molar-refractivity contribution in [2.75, 3.05) is 0 Å². The molecule has 0 radical (unpaired) electrons. The van der Waals surface area contributed by atoms with Gasteiger partial charge in [0.2, 0.25) is 0 Å². The van der Waals surface area contributed by atoms with Gasteiger partial charge in [0.15, 0.2) is 0 Å². The van der Waals surface area contributed by atoms with Crippen LogP contribution in [0.5, 0.6) is 0 Å². The molecule has 1 aromatic heterocycles. The van der Waals surface area contributed by atoms with Crippen LogP contribution in [0.15, 0.2) is 134 Å². The van der Waals surface area contributed by atoms with Gasteiger partial charge >= 0.3 is 0 Å². The Balaban J connectivity index is 1.33.